The normalized spacial score (nSPS) is 23.0. The van der Waals surface area contributed by atoms with Crippen molar-refractivity contribution >= 4 is 5.91 Å². The lowest BCUT2D eigenvalue weighted by molar-refractivity contribution is -0.137. The topological polar surface area (TPSA) is 42.4 Å². The highest BCUT2D eigenvalue weighted by atomic mass is 16.5. The third-order valence-corrected chi connectivity index (χ3v) is 6.70. The number of carbonyl (C=O) groups is 1. The largest absolute Gasteiger partial charge is 0.373 e. The number of rotatable bonds is 4. The molecule has 2 aliphatic heterocycles. The maximum Gasteiger partial charge on any atom is 0.225 e. The van der Waals surface area contributed by atoms with Gasteiger partial charge in [0.2, 0.25) is 5.91 Å². The van der Waals surface area contributed by atoms with Gasteiger partial charge in [-0.05, 0) is 49.3 Å². The van der Waals surface area contributed by atoms with Crippen molar-refractivity contribution in [3.05, 3.63) is 28.1 Å². The van der Waals surface area contributed by atoms with Gasteiger partial charge < -0.3 is 9.64 Å². The standard InChI is InChI=1S/C23H34N2O2/c1-3-4-10-21-18-13-16(2)27-15-20(18)19-14-25(12-11-22(19)24-21)23(26)17-8-6-5-7-9-17/h16-17H,3-15H2,1-2H3/t16-/m0/s1. The van der Waals surface area contributed by atoms with Crippen molar-refractivity contribution in [1.82, 2.24) is 9.88 Å². The van der Waals surface area contributed by atoms with Crippen molar-refractivity contribution < 1.29 is 9.53 Å². The number of fused-ring (bicyclic) bond motifs is 3. The van der Waals surface area contributed by atoms with Crippen LogP contribution < -0.4 is 0 Å². The van der Waals surface area contributed by atoms with E-state index >= 15 is 0 Å². The van der Waals surface area contributed by atoms with Crippen LogP contribution >= 0.6 is 0 Å². The number of amides is 1. The van der Waals surface area contributed by atoms with Crippen LogP contribution in [0.25, 0.3) is 0 Å². The Labute approximate surface area is 163 Å². The molecule has 1 saturated carbocycles. The summed E-state index contributed by atoms with van der Waals surface area (Å²) in [7, 11) is 0. The van der Waals surface area contributed by atoms with E-state index in [1.54, 1.807) is 0 Å². The minimum atomic E-state index is 0.254. The number of hydrogen-bond donors (Lipinski definition) is 0. The maximum atomic E-state index is 13.1. The molecule has 4 rings (SSSR count). The molecule has 1 fully saturated rings. The highest BCUT2D eigenvalue weighted by Gasteiger charge is 2.32. The van der Waals surface area contributed by atoms with Gasteiger partial charge in [-0.25, -0.2) is 0 Å². The predicted molar refractivity (Wildman–Crippen MR) is 107 cm³/mol. The van der Waals surface area contributed by atoms with Gasteiger partial charge in [0, 0.05) is 43.2 Å². The van der Waals surface area contributed by atoms with Crippen LogP contribution in [-0.2, 0) is 41.9 Å². The molecule has 1 aromatic rings. The first kappa shape index (κ1) is 18.9. The number of pyridine rings is 1. The molecule has 4 heteroatoms. The summed E-state index contributed by atoms with van der Waals surface area (Å²) in [6.07, 6.45) is 11.5. The molecule has 0 N–H and O–H groups in total. The zero-order valence-corrected chi connectivity index (χ0v) is 17.1. The van der Waals surface area contributed by atoms with Gasteiger partial charge in [-0.15, -0.1) is 0 Å². The second-order valence-electron chi connectivity index (χ2n) is 8.71. The van der Waals surface area contributed by atoms with E-state index in [0.29, 0.717) is 12.5 Å². The van der Waals surface area contributed by atoms with Gasteiger partial charge in [0.25, 0.3) is 0 Å². The summed E-state index contributed by atoms with van der Waals surface area (Å²) in [6.45, 7) is 6.66. The highest BCUT2D eigenvalue weighted by Crippen LogP contribution is 2.33. The zero-order chi connectivity index (χ0) is 18.8. The Hall–Kier alpha value is -1.42. The van der Waals surface area contributed by atoms with E-state index in [4.69, 9.17) is 9.72 Å². The summed E-state index contributed by atoms with van der Waals surface area (Å²) in [4.78, 5) is 20.3. The number of ether oxygens (including phenoxy) is 1. The number of hydrogen-bond acceptors (Lipinski definition) is 3. The van der Waals surface area contributed by atoms with Gasteiger partial charge in [-0.3, -0.25) is 9.78 Å². The van der Waals surface area contributed by atoms with Crippen LogP contribution in [0.15, 0.2) is 0 Å². The van der Waals surface area contributed by atoms with E-state index in [2.05, 4.69) is 18.7 Å². The molecule has 0 spiro atoms. The quantitative estimate of drug-likeness (QED) is 0.791. The minimum Gasteiger partial charge on any atom is -0.373 e. The number of unbranched alkanes of at least 4 members (excludes halogenated alkanes) is 1. The molecule has 0 bridgehead atoms. The Bertz CT molecular complexity index is 694. The first-order valence-corrected chi connectivity index (χ1v) is 11.1. The van der Waals surface area contributed by atoms with Gasteiger partial charge in [0.05, 0.1) is 12.7 Å². The summed E-state index contributed by atoms with van der Waals surface area (Å²) < 4.78 is 6.01. The molecule has 0 unspecified atom stereocenters. The maximum absolute atomic E-state index is 13.1. The average molecular weight is 371 g/mol. The highest BCUT2D eigenvalue weighted by molar-refractivity contribution is 5.79. The first-order chi connectivity index (χ1) is 13.2. The van der Waals surface area contributed by atoms with Gasteiger partial charge in [-0.1, -0.05) is 32.6 Å². The Morgan fingerprint density at radius 3 is 2.78 bits per heavy atom. The van der Waals surface area contributed by atoms with Crippen molar-refractivity contribution in [2.45, 2.75) is 97.3 Å². The molecule has 148 valence electrons. The summed E-state index contributed by atoms with van der Waals surface area (Å²) in [5.41, 5.74) is 6.60. The Morgan fingerprint density at radius 1 is 1.19 bits per heavy atom. The van der Waals surface area contributed by atoms with E-state index in [-0.39, 0.29) is 12.0 Å². The van der Waals surface area contributed by atoms with E-state index in [1.165, 1.54) is 60.2 Å². The molecule has 27 heavy (non-hydrogen) atoms. The minimum absolute atomic E-state index is 0.254. The Kier molecular flexibility index (Phi) is 5.82. The van der Waals surface area contributed by atoms with Gasteiger partial charge in [-0.2, -0.15) is 0 Å². The lowest BCUT2D eigenvalue weighted by atomic mass is 9.86. The number of aryl methyl sites for hydroxylation is 1. The average Bonchev–Trinajstić information content (AvgIpc) is 2.71. The molecule has 1 aliphatic carbocycles. The second-order valence-corrected chi connectivity index (χ2v) is 8.71. The van der Waals surface area contributed by atoms with Crippen LogP contribution in [0.2, 0.25) is 0 Å². The van der Waals surface area contributed by atoms with Crippen molar-refractivity contribution in [1.29, 1.82) is 0 Å². The summed E-state index contributed by atoms with van der Waals surface area (Å²) in [5.74, 6) is 0.637. The monoisotopic (exact) mass is 370 g/mol. The first-order valence-electron chi connectivity index (χ1n) is 11.1. The van der Waals surface area contributed by atoms with Crippen LogP contribution in [-0.4, -0.2) is 28.4 Å². The molecule has 0 aromatic carbocycles. The molecule has 1 atom stereocenters. The molecule has 0 radical (unpaired) electrons. The van der Waals surface area contributed by atoms with Crippen molar-refractivity contribution in [3.63, 3.8) is 0 Å². The van der Waals surface area contributed by atoms with Crippen molar-refractivity contribution in [2.24, 2.45) is 5.92 Å². The fraction of sp³-hybridized carbons (Fsp3) is 0.739. The molecule has 1 amide bonds. The van der Waals surface area contributed by atoms with E-state index in [1.807, 2.05) is 0 Å². The Balaban J connectivity index is 1.60. The third-order valence-electron chi connectivity index (χ3n) is 6.70. The van der Waals surface area contributed by atoms with Crippen molar-refractivity contribution in [3.8, 4) is 0 Å². The van der Waals surface area contributed by atoms with E-state index in [0.717, 1.165) is 45.2 Å². The number of nitrogens with zero attached hydrogens (tertiary/aromatic N) is 2. The fourth-order valence-corrected chi connectivity index (χ4v) is 5.07. The summed E-state index contributed by atoms with van der Waals surface area (Å²) >= 11 is 0. The molecule has 4 nitrogen and oxygen atoms in total. The lowest BCUT2D eigenvalue weighted by Gasteiger charge is -2.36. The van der Waals surface area contributed by atoms with Gasteiger partial charge >= 0.3 is 0 Å². The Morgan fingerprint density at radius 2 is 2.00 bits per heavy atom. The predicted octanol–water partition coefficient (Wildman–Crippen LogP) is 4.35. The van der Waals surface area contributed by atoms with Crippen molar-refractivity contribution in [2.75, 3.05) is 6.54 Å². The molecular weight excluding hydrogens is 336 g/mol. The lowest BCUT2D eigenvalue weighted by Crippen LogP contribution is -2.41. The molecular formula is C23H34N2O2. The van der Waals surface area contributed by atoms with Crippen LogP contribution in [0.4, 0.5) is 0 Å². The van der Waals surface area contributed by atoms with Crippen LogP contribution in [0.3, 0.4) is 0 Å². The van der Waals surface area contributed by atoms with Gasteiger partial charge in [0.15, 0.2) is 0 Å². The smallest absolute Gasteiger partial charge is 0.225 e. The van der Waals surface area contributed by atoms with E-state index in [9.17, 15) is 4.79 Å². The molecule has 3 aliphatic rings. The molecule has 1 aromatic heterocycles. The third kappa shape index (κ3) is 3.91. The number of carbonyl (C=O) groups excluding carboxylic acids is 1. The number of aromatic nitrogens is 1. The van der Waals surface area contributed by atoms with Gasteiger partial charge in [0.1, 0.15) is 0 Å². The van der Waals surface area contributed by atoms with Crippen LogP contribution in [0.1, 0.15) is 86.9 Å². The van der Waals surface area contributed by atoms with Crippen LogP contribution in [0.5, 0.6) is 0 Å². The SMILES string of the molecule is CCCCc1nc2c(c3c1C[C@H](C)OC3)CN(C(=O)C1CCCCC1)CC2. The van der Waals surface area contributed by atoms with E-state index < -0.39 is 0 Å². The summed E-state index contributed by atoms with van der Waals surface area (Å²) in [6, 6.07) is 0. The molecule has 0 saturated heterocycles. The van der Waals surface area contributed by atoms with Crippen LogP contribution in [0, 0.1) is 5.92 Å². The second kappa shape index (κ2) is 8.30. The fourth-order valence-electron chi connectivity index (χ4n) is 5.07. The summed E-state index contributed by atoms with van der Waals surface area (Å²) in [5, 5.41) is 0. The zero-order valence-electron chi connectivity index (χ0n) is 17.1. The molecule has 3 heterocycles.